The number of imide groups is 1. The fourth-order valence-electron chi connectivity index (χ4n) is 3.27. The number of carbonyl (C=O) groups is 2. The highest BCUT2D eigenvalue weighted by Gasteiger charge is 2.27. The molecule has 4 N–H and O–H groups in total. The molecule has 1 aliphatic heterocycles. The largest absolute Gasteiger partial charge is 0.504 e. The van der Waals surface area contributed by atoms with Gasteiger partial charge in [-0.25, -0.2) is 4.39 Å². The number of nitrogens with one attached hydrogen (secondary N) is 2. The summed E-state index contributed by atoms with van der Waals surface area (Å²) in [6.07, 6.45) is 1.49. The predicted octanol–water partition coefficient (Wildman–Crippen LogP) is 3.30. The summed E-state index contributed by atoms with van der Waals surface area (Å²) in [4.78, 5) is 24.7. The van der Waals surface area contributed by atoms with E-state index in [-0.39, 0.29) is 29.4 Å². The Hall–Kier alpha value is -4.13. The van der Waals surface area contributed by atoms with Crippen molar-refractivity contribution in [2.75, 3.05) is 0 Å². The minimum absolute atomic E-state index is 0.221. The summed E-state index contributed by atoms with van der Waals surface area (Å²) < 4.78 is 13.6. The minimum atomic E-state index is -0.551. The molecule has 4 rings (SSSR count). The van der Waals surface area contributed by atoms with Crippen LogP contribution in [0.2, 0.25) is 0 Å². The Bertz CT molecular complexity index is 1200. The Morgan fingerprint density at radius 3 is 2.43 bits per heavy atom. The van der Waals surface area contributed by atoms with Gasteiger partial charge in [0.2, 0.25) is 0 Å². The fraction of sp³-hybridized carbons (Fsp3) is 0.0435. The molecule has 0 atom stereocenters. The molecule has 150 valence electrons. The second kappa shape index (κ2) is 7.71. The van der Waals surface area contributed by atoms with Crippen molar-refractivity contribution in [1.82, 2.24) is 10.6 Å². The van der Waals surface area contributed by atoms with Crippen LogP contribution in [0.1, 0.15) is 21.5 Å². The lowest BCUT2D eigenvalue weighted by atomic mass is 9.91. The zero-order valence-corrected chi connectivity index (χ0v) is 15.6. The highest BCUT2D eigenvalue weighted by Crippen LogP contribution is 2.30. The van der Waals surface area contributed by atoms with E-state index in [9.17, 15) is 24.2 Å². The van der Waals surface area contributed by atoms with Crippen molar-refractivity contribution in [3.63, 3.8) is 0 Å². The number of hydrogen-bond acceptors (Lipinski definition) is 5. The Morgan fingerprint density at radius 2 is 1.67 bits per heavy atom. The van der Waals surface area contributed by atoms with Gasteiger partial charge in [-0.15, -0.1) is 0 Å². The molecule has 0 unspecified atom stereocenters. The molecule has 0 bridgehead atoms. The summed E-state index contributed by atoms with van der Waals surface area (Å²) in [6, 6.07) is 15.4. The molecule has 7 heteroatoms. The first-order valence-corrected chi connectivity index (χ1v) is 9.13. The van der Waals surface area contributed by atoms with Gasteiger partial charge in [0.05, 0.1) is 5.57 Å². The molecule has 3 aromatic rings. The monoisotopic (exact) mass is 404 g/mol. The van der Waals surface area contributed by atoms with Crippen LogP contribution >= 0.6 is 0 Å². The summed E-state index contributed by atoms with van der Waals surface area (Å²) >= 11 is 0. The maximum Gasteiger partial charge on any atom is 0.260 e. The number of fused-ring (bicyclic) bond motifs is 1. The van der Waals surface area contributed by atoms with Crippen molar-refractivity contribution in [2.45, 2.75) is 6.54 Å². The van der Waals surface area contributed by atoms with Gasteiger partial charge in [-0.3, -0.25) is 14.9 Å². The lowest BCUT2D eigenvalue weighted by Crippen LogP contribution is -2.37. The third kappa shape index (κ3) is 3.73. The number of benzene rings is 3. The SMILES string of the molecule is O=C1NC(=O)c2ccc(-c3cccc(F)c3)cc2/C1=C\NCc1ccc(O)c(O)c1. The molecular weight excluding hydrogens is 387 g/mol. The molecule has 6 nitrogen and oxygen atoms in total. The van der Waals surface area contributed by atoms with Crippen LogP contribution in [0.25, 0.3) is 16.7 Å². The zero-order valence-electron chi connectivity index (χ0n) is 15.6. The molecule has 1 heterocycles. The van der Waals surface area contributed by atoms with Gasteiger partial charge >= 0.3 is 0 Å². The predicted molar refractivity (Wildman–Crippen MR) is 109 cm³/mol. The topological polar surface area (TPSA) is 98.7 Å². The third-order valence-electron chi connectivity index (χ3n) is 4.78. The first-order valence-electron chi connectivity index (χ1n) is 9.13. The van der Waals surface area contributed by atoms with Crippen molar-refractivity contribution < 1.29 is 24.2 Å². The van der Waals surface area contributed by atoms with E-state index >= 15 is 0 Å². The fourth-order valence-corrected chi connectivity index (χ4v) is 3.27. The second-order valence-electron chi connectivity index (χ2n) is 6.82. The molecule has 0 fully saturated rings. The van der Waals surface area contributed by atoms with Crippen LogP contribution in [0.15, 0.2) is 66.9 Å². The molecule has 30 heavy (non-hydrogen) atoms. The molecule has 0 saturated heterocycles. The molecule has 1 aliphatic rings. The molecule has 0 radical (unpaired) electrons. The van der Waals surface area contributed by atoms with Crippen molar-refractivity contribution in [1.29, 1.82) is 0 Å². The third-order valence-corrected chi connectivity index (χ3v) is 4.78. The maximum atomic E-state index is 13.6. The maximum absolute atomic E-state index is 13.6. The highest BCUT2D eigenvalue weighted by molar-refractivity contribution is 6.31. The van der Waals surface area contributed by atoms with E-state index in [0.717, 1.165) is 0 Å². The highest BCUT2D eigenvalue weighted by atomic mass is 19.1. The summed E-state index contributed by atoms with van der Waals surface area (Å²) in [7, 11) is 0. The normalized spacial score (nSPS) is 14.4. The van der Waals surface area contributed by atoms with E-state index < -0.39 is 11.8 Å². The molecular formula is C23H17FN2O4. The molecule has 2 amide bonds. The molecule has 0 spiro atoms. The number of rotatable bonds is 4. The lowest BCUT2D eigenvalue weighted by Gasteiger charge is -2.19. The zero-order chi connectivity index (χ0) is 21.3. The Morgan fingerprint density at radius 1 is 0.867 bits per heavy atom. The average Bonchev–Trinajstić information content (AvgIpc) is 2.72. The van der Waals surface area contributed by atoms with E-state index in [0.29, 0.717) is 27.8 Å². The van der Waals surface area contributed by atoms with E-state index in [1.807, 2.05) is 0 Å². The first-order chi connectivity index (χ1) is 14.4. The van der Waals surface area contributed by atoms with Gasteiger partial charge < -0.3 is 15.5 Å². The van der Waals surface area contributed by atoms with Crippen molar-refractivity contribution in [2.24, 2.45) is 0 Å². The summed E-state index contributed by atoms with van der Waals surface area (Å²) in [5, 5.41) is 24.3. The molecule has 3 aromatic carbocycles. The first kappa shape index (κ1) is 19.2. The number of phenolic OH excluding ortho intramolecular Hbond substituents is 2. The van der Waals surface area contributed by atoms with Gasteiger partial charge in [-0.05, 0) is 53.1 Å². The molecule has 0 aromatic heterocycles. The van der Waals surface area contributed by atoms with E-state index in [2.05, 4.69) is 10.6 Å². The van der Waals surface area contributed by atoms with Gasteiger partial charge in [0, 0.05) is 23.9 Å². The van der Waals surface area contributed by atoms with Gasteiger partial charge in [-0.2, -0.15) is 0 Å². The van der Waals surface area contributed by atoms with E-state index in [1.165, 1.54) is 30.5 Å². The van der Waals surface area contributed by atoms with E-state index in [1.54, 1.807) is 36.4 Å². The Balaban J connectivity index is 1.67. The van der Waals surface area contributed by atoms with Crippen molar-refractivity contribution in [3.8, 4) is 22.6 Å². The van der Waals surface area contributed by atoms with Crippen LogP contribution in [-0.4, -0.2) is 22.0 Å². The standard InChI is InChI=1S/C23H17FN2O4/c24-16-3-1-2-14(9-16)15-5-6-17-18(10-15)19(23(30)26-22(17)29)12-25-11-13-4-7-20(27)21(28)8-13/h1-10,12,25,27-28H,11H2,(H,26,29,30)/b19-12+. The number of aromatic hydroxyl groups is 2. The quantitative estimate of drug-likeness (QED) is 0.304. The summed E-state index contributed by atoms with van der Waals surface area (Å²) in [5.41, 5.74) is 3.01. The number of carbonyl (C=O) groups excluding carboxylic acids is 2. The van der Waals surface area contributed by atoms with Gasteiger partial charge in [-0.1, -0.05) is 24.3 Å². The molecule has 0 aliphatic carbocycles. The van der Waals surface area contributed by atoms with Gasteiger partial charge in [0.15, 0.2) is 11.5 Å². The Labute approximate surface area is 171 Å². The van der Waals surface area contributed by atoms with Gasteiger partial charge in [0.1, 0.15) is 5.82 Å². The number of hydrogen-bond donors (Lipinski definition) is 4. The minimum Gasteiger partial charge on any atom is -0.504 e. The van der Waals surface area contributed by atoms with Gasteiger partial charge in [0.25, 0.3) is 11.8 Å². The lowest BCUT2D eigenvalue weighted by molar-refractivity contribution is -0.114. The smallest absolute Gasteiger partial charge is 0.260 e. The van der Waals surface area contributed by atoms with Crippen molar-refractivity contribution >= 4 is 17.4 Å². The molecule has 0 saturated carbocycles. The van der Waals surface area contributed by atoms with Crippen LogP contribution < -0.4 is 10.6 Å². The Kier molecular flexibility index (Phi) is 4.93. The van der Waals surface area contributed by atoms with Crippen LogP contribution in [0.5, 0.6) is 11.5 Å². The summed E-state index contributed by atoms with van der Waals surface area (Å²) in [6.45, 7) is 0.275. The second-order valence-corrected chi connectivity index (χ2v) is 6.82. The number of amides is 2. The average molecular weight is 404 g/mol. The van der Waals surface area contributed by atoms with Crippen LogP contribution in [0, 0.1) is 5.82 Å². The van der Waals surface area contributed by atoms with Crippen LogP contribution in [0.3, 0.4) is 0 Å². The number of halogens is 1. The van der Waals surface area contributed by atoms with Crippen LogP contribution in [0.4, 0.5) is 4.39 Å². The summed E-state index contributed by atoms with van der Waals surface area (Å²) in [5.74, 6) is -1.89. The van der Waals surface area contributed by atoms with Crippen molar-refractivity contribution in [3.05, 3.63) is 89.4 Å². The van der Waals surface area contributed by atoms with E-state index in [4.69, 9.17) is 0 Å². The van der Waals surface area contributed by atoms with Crippen LogP contribution in [-0.2, 0) is 11.3 Å². The number of phenols is 2.